The molecule has 6 heteroatoms. The Morgan fingerprint density at radius 1 is 1.47 bits per heavy atom. The first kappa shape index (κ1) is 13.6. The Hall–Kier alpha value is -1.85. The molecule has 2 rings (SSSR count). The second-order valence-electron chi connectivity index (χ2n) is 5.07. The van der Waals surface area contributed by atoms with E-state index in [2.05, 4.69) is 5.16 Å². The molecule has 1 aromatic rings. The number of carboxylic acid groups (broad SMARTS) is 1. The Kier molecular flexibility index (Phi) is 3.59. The van der Waals surface area contributed by atoms with Crippen molar-refractivity contribution in [1.82, 2.24) is 10.1 Å². The van der Waals surface area contributed by atoms with E-state index in [0.29, 0.717) is 31.0 Å². The van der Waals surface area contributed by atoms with Crippen LogP contribution in [0.1, 0.15) is 36.3 Å². The van der Waals surface area contributed by atoms with Crippen LogP contribution < -0.4 is 0 Å². The lowest BCUT2D eigenvalue weighted by molar-refractivity contribution is -0.141. The monoisotopic (exact) mass is 266 g/mol. The molecule has 1 aliphatic rings. The summed E-state index contributed by atoms with van der Waals surface area (Å²) in [4.78, 5) is 24.9. The predicted molar refractivity (Wildman–Crippen MR) is 66.7 cm³/mol. The van der Waals surface area contributed by atoms with Gasteiger partial charge in [0.25, 0.3) is 0 Å². The van der Waals surface area contributed by atoms with Crippen LogP contribution in [-0.4, -0.2) is 40.1 Å². The summed E-state index contributed by atoms with van der Waals surface area (Å²) >= 11 is 0. The van der Waals surface area contributed by atoms with Gasteiger partial charge in [0.2, 0.25) is 5.91 Å². The van der Waals surface area contributed by atoms with Crippen LogP contribution in [0.2, 0.25) is 0 Å². The van der Waals surface area contributed by atoms with Crippen molar-refractivity contribution in [3.8, 4) is 0 Å². The Morgan fingerprint density at radius 3 is 2.63 bits per heavy atom. The van der Waals surface area contributed by atoms with E-state index in [1.54, 1.807) is 18.7 Å². The smallest absolute Gasteiger partial charge is 0.308 e. The molecule has 0 aliphatic carbocycles. The molecule has 0 bridgehead atoms. The minimum atomic E-state index is -0.833. The zero-order valence-electron chi connectivity index (χ0n) is 11.3. The van der Waals surface area contributed by atoms with Gasteiger partial charge in [-0.15, -0.1) is 0 Å². The Labute approximate surface area is 111 Å². The maximum absolute atomic E-state index is 12.4. The molecule has 1 aromatic heterocycles. The molecule has 6 nitrogen and oxygen atoms in total. The van der Waals surface area contributed by atoms with E-state index in [9.17, 15) is 9.59 Å². The molecule has 1 aliphatic heterocycles. The zero-order valence-corrected chi connectivity index (χ0v) is 11.3. The second kappa shape index (κ2) is 5.03. The van der Waals surface area contributed by atoms with E-state index in [-0.39, 0.29) is 11.8 Å². The topological polar surface area (TPSA) is 83.6 Å². The lowest BCUT2D eigenvalue weighted by Crippen LogP contribution is -2.33. The average molecular weight is 266 g/mol. The molecule has 2 heterocycles. The van der Waals surface area contributed by atoms with Crippen LogP contribution in [0.5, 0.6) is 0 Å². The van der Waals surface area contributed by atoms with Crippen molar-refractivity contribution in [3.05, 3.63) is 17.0 Å². The predicted octanol–water partition coefficient (Wildman–Crippen LogP) is 1.33. The molecule has 0 radical (unpaired) electrons. The number of carbonyl (C=O) groups excluding carboxylic acids is 1. The van der Waals surface area contributed by atoms with Crippen LogP contribution >= 0.6 is 0 Å². The number of nitrogens with zero attached hydrogens (tertiary/aromatic N) is 2. The van der Waals surface area contributed by atoms with Crippen molar-refractivity contribution >= 4 is 11.9 Å². The van der Waals surface area contributed by atoms with Gasteiger partial charge in [0.1, 0.15) is 5.76 Å². The largest absolute Gasteiger partial charge is 0.481 e. The van der Waals surface area contributed by atoms with Crippen molar-refractivity contribution in [3.63, 3.8) is 0 Å². The first-order chi connectivity index (χ1) is 8.91. The van der Waals surface area contributed by atoms with Gasteiger partial charge in [-0.25, -0.2) is 0 Å². The summed E-state index contributed by atoms with van der Waals surface area (Å²) < 4.78 is 5.07. The number of carbonyl (C=O) groups is 2. The van der Waals surface area contributed by atoms with Gasteiger partial charge < -0.3 is 14.5 Å². The molecular weight excluding hydrogens is 248 g/mol. The number of aryl methyl sites for hydroxylation is 2. The number of amides is 1. The molecule has 2 atom stereocenters. The maximum Gasteiger partial charge on any atom is 0.308 e. The van der Waals surface area contributed by atoms with Gasteiger partial charge >= 0.3 is 5.97 Å². The standard InChI is InChI=1S/C13H18N2O4/c1-7(11-8(2)14-19-9(11)3)12(16)15-5-4-10(6-15)13(17)18/h7,10H,4-6H2,1-3H3,(H,17,18)/t7-,10-/m1/s1. The fraction of sp³-hybridized carbons (Fsp3) is 0.615. The summed E-state index contributed by atoms with van der Waals surface area (Å²) in [5.74, 6) is -1.04. The fourth-order valence-electron chi connectivity index (χ4n) is 2.67. The maximum atomic E-state index is 12.4. The van der Waals surface area contributed by atoms with Crippen LogP contribution in [0.4, 0.5) is 0 Å². The number of hydrogen-bond donors (Lipinski definition) is 1. The van der Waals surface area contributed by atoms with E-state index in [1.807, 2.05) is 6.92 Å². The normalized spacial score (nSPS) is 20.6. The van der Waals surface area contributed by atoms with Crippen molar-refractivity contribution in [2.75, 3.05) is 13.1 Å². The first-order valence-electron chi connectivity index (χ1n) is 6.36. The van der Waals surface area contributed by atoms with E-state index < -0.39 is 11.9 Å². The third kappa shape index (κ3) is 2.47. The van der Waals surface area contributed by atoms with Crippen LogP contribution in [-0.2, 0) is 9.59 Å². The molecule has 0 spiro atoms. The molecule has 0 saturated carbocycles. The zero-order chi connectivity index (χ0) is 14.2. The molecule has 0 unspecified atom stereocenters. The highest BCUT2D eigenvalue weighted by Crippen LogP contribution is 2.27. The van der Waals surface area contributed by atoms with Gasteiger partial charge in [-0.1, -0.05) is 5.16 Å². The van der Waals surface area contributed by atoms with Crippen LogP contribution in [0.25, 0.3) is 0 Å². The van der Waals surface area contributed by atoms with Gasteiger partial charge in [0.15, 0.2) is 0 Å². The molecule has 1 N–H and O–H groups in total. The quantitative estimate of drug-likeness (QED) is 0.892. The number of aliphatic carboxylic acids is 1. The van der Waals surface area contributed by atoms with Crippen molar-refractivity contribution in [1.29, 1.82) is 0 Å². The summed E-state index contributed by atoms with van der Waals surface area (Å²) in [6.07, 6.45) is 0.523. The van der Waals surface area contributed by atoms with E-state index in [0.717, 1.165) is 5.56 Å². The van der Waals surface area contributed by atoms with Gasteiger partial charge in [-0.3, -0.25) is 9.59 Å². The fourth-order valence-corrected chi connectivity index (χ4v) is 2.67. The SMILES string of the molecule is Cc1noc(C)c1[C@@H](C)C(=O)N1CC[C@@H](C(=O)O)C1. The number of carboxylic acids is 1. The van der Waals surface area contributed by atoms with E-state index >= 15 is 0 Å². The molecule has 1 fully saturated rings. The second-order valence-corrected chi connectivity index (χ2v) is 5.07. The molecule has 0 aromatic carbocycles. The lowest BCUT2D eigenvalue weighted by Gasteiger charge is -2.20. The summed E-state index contributed by atoms with van der Waals surface area (Å²) in [7, 11) is 0. The molecule has 1 amide bonds. The van der Waals surface area contributed by atoms with Crippen molar-refractivity contribution in [2.24, 2.45) is 5.92 Å². The average Bonchev–Trinajstić information content (AvgIpc) is 2.95. The van der Waals surface area contributed by atoms with Gasteiger partial charge in [0.05, 0.1) is 17.5 Å². The third-order valence-electron chi connectivity index (χ3n) is 3.74. The molecule has 104 valence electrons. The summed E-state index contributed by atoms with van der Waals surface area (Å²) in [5.41, 5.74) is 1.52. The van der Waals surface area contributed by atoms with Crippen LogP contribution in [0.3, 0.4) is 0 Å². The molecular formula is C13H18N2O4. The van der Waals surface area contributed by atoms with Crippen LogP contribution in [0, 0.1) is 19.8 Å². The van der Waals surface area contributed by atoms with Crippen LogP contribution in [0.15, 0.2) is 4.52 Å². The first-order valence-corrected chi connectivity index (χ1v) is 6.36. The minimum absolute atomic E-state index is 0.0573. The number of rotatable bonds is 3. The highest BCUT2D eigenvalue weighted by molar-refractivity contribution is 5.85. The summed E-state index contributed by atoms with van der Waals surface area (Å²) in [5, 5.41) is 12.8. The van der Waals surface area contributed by atoms with Gasteiger partial charge in [-0.05, 0) is 27.2 Å². The third-order valence-corrected chi connectivity index (χ3v) is 3.74. The Balaban J connectivity index is 2.11. The Morgan fingerprint density at radius 2 is 2.16 bits per heavy atom. The summed E-state index contributed by atoms with van der Waals surface area (Å²) in [6, 6.07) is 0. The van der Waals surface area contributed by atoms with Crippen molar-refractivity contribution < 1.29 is 19.2 Å². The number of hydrogen-bond acceptors (Lipinski definition) is 4. The summed E-state index contributed by atoms with van der Waals surface area (Å²) in [6.45, 7) is 6.19. The highest BCUT2D eigenvalue weighted by Gasteiger charge is 2.34. The van der Waals surface area contributed by atoms with Gasteiger partial charge in [0, 0.05) is 18.7 Å². The van der Waals surface area contributed by atoms with E-state index in [4.69, 9.17) is 9.63 Å². The number of aromatic nitrogens is 1. The van der Waals surface area contributed by atoms with Gasteiger partial charge in [-0.2, -0.15) is 0 Å². The Bertz CT molecular complexity index is 489. The molecule has 19 heavy (non-hydrogen) atoms. The highest BCUT2D eigenvalue weighted by atomic mass is 16.5. The van der Waals surface area contributed by atoms with E-state index in [1.165, 1.54) is 0 Å². The molecule has 1 saturated heterocycles. The number of likely N-dealkylation sites (tertiary alicyclic amines) is 1. The van der Waals surface area contributed by atoms with Crippen molar-refractivity contribution in [2.45, 2.75) is 33.1 Å². The minimum Gasteiger partial charge on any atom is -0.481 e. The lowest BCUT2D eigenvalue weighted by atomic mass is 9.98.